The van der Waals surface area contributed by atoms with Crippen molar-refractivity contribution in [2.75, 3.05) is 20.2 Å². The number of rotatable bonds is 9. The molecule has 1 aromatic carbocycles. The van der Waals surface area contributed by atoms with Crippen LogP contribution in [-0.4, -0.2) is 47.2 Å². The molecule has 164 valence electrons. The molecule has 31 heavy (non-hydrogen) atoms. The largest absolute Gasteiger partial charge is 0.465 e. The highest BCUT2D eigenvalue weighted by Gasteiger charge is 2.24. The number of benzene rings is 1. The summed E-state index contributed by atoms with van der Waals surface area (Å²) in [7, 11) is 1.32. The van der Waals surface area contributed by atoms with Crippen molar-refractivity contribution in [2.45, 2.75) is 19.3 Å². The zero-order valence-corrected chi connectivity index (χ0v) is 21.2. The smallest absolute Gasteiger partial charge is 0.348 e. The lowest BCUT2D eigenvalue weighted by Gasteiger charge is -2.35. The van der Waals surface area contributed by atoms with Crippen molar-refractivity contribution in [1.82, 2.24) is 10.0 Å². The number of esters is 1. The fraction of sp³-hybridized carbons (Fsp3) is 0.286. The van der Waals surface area contributed by atoms with Crippen LogP contribution in [0.3, 0.4) is 0 Å². The number of ether oxygens (including phenoxy) is 1. The second kappa shape index (κ2) is 11.3. The van der Waals surface area contributed by atoms with E-state index in [1.54, 1.807) is 27.7 Å². The number of halogens is 2. The van der Waals surface area contributed by atoms with E-state index in [2.05, 4.69) is 22.6 Å². The van der Waals surface area contributed by atoms with E-state index in [1.165, 1.54) is 18.4 Å². The fourth-order valence-electron chi connectivity index (χ4n) is 3.01. The van der Waals surface area contributed by atoms with Gasteiger partial charge in [-0.1, -0.05) is 23.7 Å². The van der Waals surface area contributed by atoms with Gasteiger partial charge in [0.15, 0.2) is 0 Å². The highest BCUT2D eigenvalue weighted by molar-refractivity contribution is 14.1. The van der Waals surface area contributed by atoms with Crippen molar-refractivity contribution in [3.8, 4) is 0 Å². The topological polar surface area (TPSA) is 66.9 Å². The number of hydrogen-bond donors (Lipinski definition) is 0. The van der Waals surface area contributed by atoms with Gasteiger partial charge >= 0.3 is 11.2 Å². The van der Waals surface area contributed by atoms with Crippen LogP contribution < -0.4 is 0 Å². The minimum atomic E-state index is -0.432. The molecule has 0 saturated carbocycles. The molecule has 0 atom stereocenters. The average Bonchev–Trinajstić information content (AvgIpc) is 3.11. The third-order valence-electron chi connectivity index (χ3n) is 4.53. The Morgan fingerprint density at radius 1 is 1.23 bits per heavy atom. The van der Waals surface area contributed by atoms with Crippen LogP contribution in [0.15, 0.2) is 41.9 Å². The summed E-state index contributed by atoms with van der Waals surface area (Å²) in [6.07, 6.45) is 3.00. The first kappa shape index (κ1) is 24.1. The van der Waals surface area contributed by atoms with Crippen LogP contribution in [-0.2, 0) is 22.4 Å². The van der Waals surface area contributed by atoms with E-state index in [0.29, 0.717) is 42.3 Å². The van der Waals surface area contributed by atoms with Gasteiger partial charge in [0.25, 0.3) is 0 Å². The van der Waals surface area contributed by atoms with Gasteiger partial charge in [0, 0.05) is 47.0 Å². The van der Waals surface area contributed by atoms with E-state index in [0.717, 1.165) is 25.8 Å². The number of ketones is 1. The van der Waals surface area contributed by atoms with E-state index in [4.69, 9.17) is 16.3 Å². The van der Waals surface area contributed by atoms with Gasteiger partial charge in [0.2, 0.25) is 0 Å². The molecule has 0 saturated heterocycles. The van der Waals surface area contributed by atoms with Gasteiger partial charge in [-0.15, -0.1) is 11.3 Å². The molecule has 0 unspecified atom stereocenters. The standard InChI is InChI=1S/C21H20ClIN2O4S2/c1-29-20(27)19-13-17(22)18(31-19)6-8-25-21(28)30-10-9-24(25)7-5-16(26)12-14-3-2-4-15(23)11-14/h2-4,9-11,13H,5-8,12H2,1H3. The number of nitrogens with zero attached hydrogens (tertiary/aromatic N) is 2. The molecule has 0 bridgehead atoms. The first-order valence-electron chi connectivity index (χ1n) is 9.41. The van der Waals surface area contributed by atoms with Crippen LogP contribution in [0.4, 0.5) is 4.79 Å². The average molecular weight is 591 g/mol. The van der Waals surface area contributed by atoms with Crippen LogP contribution in [0.1, 0.15) is 26.5 Å². The molecule has 2 heterocycles. The van der Waals surface area contributed by atoms with Crippen LogP contribution in [0.25, 0.3) is 0 Å². The first-order valence-corrected chi connectivity index (χ1v) is 12.6. The molecule has 6 nitrogen and oxygen atoms in total. The molecular weight excluding hydrogens is 571 g/mol. The molecule has 1 aliphatic heterocycles. The molecule has 1 aromatic heterocycles. The summed E-state index contributed by atoms with van der Waals surface area (Å²) in [5, 5.41) is 5.47. The van der Waals surface area contributed by atoms with Crippen molar-refractivity contribution >= 4 is 74.3 Å². The number of carbonyl (C=O) groups is 3. The Bertz CT molecular complexity index is 1010. The second-order valence-electron chi connectivity index (χ2n) is 6.67. The predicted molar refractivity (Wildman–Crippen MR) is 132 cm³/mol. The Kier molecular flexibility index (Phi) is 8.82. The zero-order chi connectivity index (χ0) is 22.4. The lowest BCUT2D eigenvalue weighted by Crippen LogP contribution is -2.45. The normalized spacial score (nSPS) is 13.6. The summed E-state index contributed by atoms with van der Waals surface area (Å²) in [5.74, 6) is -0.316. The van der Waals surface area contributed by atoms with Gasteiger partial charge in [-0.05, 0) is 63.5 Å². The summed E-state index contributed by atoms with van der Waals surface area (Å²) in [6, 6.07) is 9.46. The zero-order valence-electron chi connectivity index (χ0n) is 16.7. The van der Waals surface area contributed by atoms with Crippen molar-refractivity contribution < 1.29 is 19.1 Å². The highest BCUT2D eigenvalue weighted by Crippen LogP contribution is 2.29. The molecule has 1 amide bonds. The summed E-state index contributed by atoms with van der Waals surface area (Å²) >= 11 is 10.8. The lowest BCUT2D eigenvalue weighted by molar-refractivity contribution is -0.119. The van der Waals surface area contributed by atoms with E-state index in [9.17, 15) is 14.4 Å². The van der Waals surface area contributed by atoms with Gasteiger partial charge < -0.3 is 4.74 Å². The Balaban J connectivity index is 1.58. The number of methoxy groups -OCH3 is 1. The number of hydrazine groups is 1. The van der Waals surface area contributed by atoms with Crippen LogP contribution in [0.2, 0.25) is 5.02 Å². The van der Waals surface area contributed by atoms with Crippen LogP contribution in [0, 0.1) is 3.57 Å². The van der Waals surface area contributed by atoms with Gasteiger partial charge in [-0.25, -0.2) is 9.80 Å². The van der Waals surface area contributed by atoms with Crippen molar-refractivity contribution in [3.63, 3.8) is 0 Å². The number of Topliss-reactive ketones (excluding diaryl/α,β-unsaturated/α-hetero) is 1. The molecule has 0 spiro atoms. The van der Waals surface area contributed by atoms with E-state index in [-0.39, 0.29) is 11.0 Å². The summed E-state index contributed by atoms with van der Waals surface area (Å²) < 4.78 is 5.83. The molecule has 0 fully saturated rings. The van der Waals surface area contributed by atoms with Gasteiger partial charge in [-0.2, -0.15) is 0 Å². The number of carbonyl (C=O) groups excluding carboxylic acids is 3. The molecule has 0 aliphatic carbocycles. The maximum Gasteiger partial charge on any atom is 0.348 e. The molecule has 2 aromatic rings. The van der Waals surface area contributed by atoms with Crippen molar-refractivity contribution in [1.29, 1.82) is 0 Å². The van der Waals surface area contributed by atoms with Crippen LogP contribution >= 0.6 is 57.3 Å². The number of amides is 1. The summed E-state index contributed by atoms with van der Waals surface area (Å²) in [6.45, 7) is 0.805. The van der Waals surface area contributed by atoms with E-state index < -0.39 is 5.97 Å². The van der Waals surface area contributed by atoms with Gasteiger partial charge in [0.05, 0.1) is 12.1 Å². The monoisotopic (exact) mass is 590 g/mol. The maximum absolute atomic E-state index is 12.5. The first-order chi connectivity index (χ1) is 14.9. The number of thiophene rings is 1. The van der Waals surface area contributed by atoms with Gasteiger partial charge in [0.1, 0.15) is 10.7 Å². The predicted octanol–water partition coefficient (Wildman–Crippen LogP) is 5.39. The van der Waals surface area contributed by atoms with E-state index >= 15 is 0 Å². The molecular formula is C21H20ClIN2O4S2. The quantitative estimate of drug-likeness (QED) is 0.288. The Morgan fingerprint density at radius 3 is 2.77 bits per heavy atom. The molecule has 1 aliphatic rings. The Morgan fingerprint density at radius 2 is 2.03 bits per heavy atom. The maximum atomic E-state index is 12.5. The molecule has 0 radical (unpaired) electrons. The Hall–Kier alpha value is -1.56. The van der Waals surface area contributed by atoms with Crippen LogP contribution in [0.5, 0.6) is 0 Å². The fourth-order valence-corrected chi connectivity index (χ4v) is 5.59. The van der Waals surface area contributed by atoms with E-state index in [1.807, 2.05) is 24.3 Å². The molecule has 0 N–H and O–H groups in total. The third-order valence-corrected chi connectivity index (χ3v) is 7.49. The van der Waals surface area contributed by atoms with Crippen molar-refractivity contribution in [3.05, 3.63) is 65.9 Å². The number of hydrogen-bond acceptors (Lipinski definition) is 7. The molecule has 3 rings (SSSR count). The SMILES string of the molecule is COC(=O)c1cc(Cl)c(CCN2C(=O)SC=CN2CCC(=O)Cc2cccc(I)c2)s1. The summed E-state index contributed by atoms with van der Waals surface area (Å²) in [4.78, 5) is 37.8. The highest BCUT2D eigenvalue weighted by atomic mass is 127. The Labute approximate surface area is 207 Å². The second-order valence-corrected chi connectivity index (χ2v) is 10.3. The minimum absolute atomic E-state index is 0.116. The molecule has 10 heteroatoms. The number of thioether (sulfide) groups is 1. The lowest BCUT2D eigenvalue weighted by atomic mass is 10.1. The third kappa shape index (κ3) is 6.71. The minimum Gasteiger partial charge on any atom is -0.465 e. The van der Waals surface area contributed by atoms with Gasteiger partial charge in [-0.3, -0.25) is 14.6 Å². The summed E-state index contributed by atoms with van der Waals surface area (Å²) in [5.41, 5.74) is 0.989. The van der Waals surface area contributed by atoms with Crippen molar-refractivity contribution in [2.24, 2.45) is 0 Å².